The number of hydrogen-bond acceptors (Lipinski definition) is 7. The molecule has 0 radical (unpaired) electrons. The Bertz CT molecular complexity index is 1480. The molecule has 0 aliphatic heterocycles. The van der Waals surface area contributed by atoms with E-state index in [1.807, 2.05) is 18.4 Å². The highest BCUT2D eigenvalue weighted by molar-refractivity contribution is 6.16. The summed E-state index contributed by atoms with van der Waals surface area (Å²) in [5.74, 6) is -0.0982. The standard InChI is InChI=1S/C22H18N8O2/c1-13(2)30-11-18(17-9-24-12-27-20(17)30)19(31)14-5-16(8-23-6-14)28-21(32)15-7-26-22-25-3-4-29(22)10-15/h3-13H,1-2H3,(H,28,32). The Hall–Kier alpha value is -4.47. The molecule has 5 aromatic rings. The third-order valence-corrected chi connectivity index (χ3v) is 5.06. The fraction of sp³-hybridized carbons (Fsp3) is 0.136. The van der Waals surface area contributed by atoms with Gasteiger partial charge in [-0.15, -0.1) is 0 Å². The van der Waals surface area contributed by atoms with Crippen molar-refractivity contribution in [1.82, 2.24) is 33.9 Å². The first-order chi connectivity index (χ1) is 15.5. The molecule has 0 saturated carbocycles. The summed E-state index contributed by atoms with van der Waals surface area (Å²) in [6, 6.07) is 1.72. The maximum absolute atomic E-state index is 13.3. The summed E-state index contributed by atoms with van der Waals surface area (Å²) < 4.78 is 3.59. The highest BCUT2D eigenvalue weighted by Gasteiger charge is 2.20. The van der Waals surface area contributed by atoms with Gasteiger partial charge in [-0.2, -0.15) is 0 Å². The number of pyridine rings is 1. The second-order valence-electron chi connectivity index (χ2n) is 7.53. The Morgan fingerprint density at radius 3 is 2.69 bits per heavy atom. The molecule has 0 bridgehead atoms. The van der Waals surface area contributed by atoms with Gasteiger partial charge in [0.2, 0.25) is 5.78 Å². The van der Waals surface area contributed by atoms with Crippen LogP contribution in [-0.2, 0) is 0 Å². The molecule has 5 rings (SSSR count). The normalized spacial score (nSPS) is 11.3. The molecule has 0 atom stereocenters. The van der Waals surface area contributed by atoms with Gasteiger partial charge in [-0.3, -0.25) is 19.0 Å². The summed E-state index contributed by atoms with van der Waals surface area (Å²) in [7, 11) is 0. The topological polar surface area (TPSA) is 120 Å². The van der Waals surface area contributed by atoms with E-state index >= 15 is 0 Å². The van der Waals surface area contributed by atoms with E-state index in [0.29, 0.717) is 39.2 Å². The first-order valence-corrected chi connectivity index (χ1v) is 9.91. The van der Waals surface area contributed by atoms with Gasteiger partial charge in [-0.1, -0.05) is 0 Å². The Morgan fingerprint density at radius 1 is 0.969 bits per heavy atom. The molecule has 0 aliphatic rings. The van der Waals surface area contributed by atoms with E-state index in [2.05, 4.69) is 30.2 Å². The summed E-state index contributed by atoms with van der Waals surface area (Å²) in [4.78, 5) is 46.7. The second-order valence-corrected chi connectivity index (χ2v) is 7.53. The van der Waals surface area contributed by atoms with Crippen molar-refractivity contribution in [3.8, 4) is 0 Å². The van der Waals surface area contributed by atoms with Crippen LogP contribution in [0.3, 0.4) is 0 Å². The average Bonchev–Trinajstić information content (AvgIpc) is 3.43. The molecule has 158 valence electrons. The Kier molecular flexibility index (Phi) is 4.66. The van der Waals surface area contributed by atoms with Crippen LogP contribution in [0.15, 0.2) is 62.0 Å². The lowest BCUT2D eigenvalue weighted by molar-refractivity contribution is 0.102. The number of amides is 1. The van der Waals surface area contributed by atoms with Crippen LogP contribution >= 0.6 is 0 Å². The summed E-state index contributed by atoms with van der Waals surface area (Å²) in [5, 5.41) is 3.43. The van der Waals surface area contributed by atoms with Crippen molar-refractivity contribution >= 4 is 34.2 Å². The van der Waals surface area contributed by atoms with E-state index in [1.165, 1.54) is 24.9 Å². The zero-order valence-corrected chi connectivity index (χ0v) is 17.3. The zero-order valence-electron chi connectivity index (χ0n) is 17.3. The molecule has 0 fully saturated rings. The number of imidazole rings is 1. The fourth-order valence-corrected chi connectivity index (χ4v) is 3.49. The van der Waals surface area contributed by atoms with Crippen LogP contribution in [0.2, 0.25) is 0 Å². The predicted octanol–water partition coefficient (Wildman–Crippen LogP) is 2.93. The van der Waals surface area contributed by atoms with Crippen LogP contribution < -0.4 is 5.32 Å². The van der Waals surface area contributed by atoms with Gasteiger partial charge in [0, 0.05) is 60.4 Å². The first kappa shape index (κ1) is 19.5. The number of ketones is 1. The highest BCUT2D eigenvalue weighted by Crippen LogP contribution is 2.25. The largest absolute Gasteiger partial charge is 0.329 e. The highest BCUT2D eigenvalue weighted by atomic mass is 16.1. The molecular formula is C22H18N8O2. The number of aromatic nitrogens is 7. The van der Waals surface area contributed by atoms with Crippen molar-refractivity contribution in [2.45, 2.75) is 19.9 Å². The van der Waals surface area contributed by atoms with Gasteiger partial charge in [0.05, 0.1) is 23.0 Å². The van der Waals surface area contributed by atoms with E-state index in [1.54, 1.807) is 41.5 Å². The van der Waals surface area contributed by atoms with Crippen LogP contribution in [0, 0.1) is 0 Å². The van der Waals surface area contributed by atoms with Crippen LogP contribution in [-0.4, -0.2) is 45.6 Å². The van der Waals surface area contributed by atoms with Gasteiger partial charge >= 0.3 is 0 Å². The molecule has 1 N–H and O–H groups in total. The molecule has 10 heteroatoms. The molecule has 0 aliphatic carbocycles. The zero-order chi connectivity index (χ0) is 22.2. The van der Waals surface area contributed by atoms with Gasteiger partial charge in [-0.25, -0.2) is 19.9 Å². The van der Waals surface area contributed by atoms with Gasteiger partial charge in [0.25, 0.3) is 5.91 Å². The predicted molar refractivity (Wildman–Crippen MR) is 117 cm³/mol. The van der Waals surface area contributed by atoms with Crippen LogP contribution in [0.5, 0.6) is 0 Å². The molecule has 5 heterocycles. The quantitative estimate of drug-likeness (QED) is 0.429. The van der Waals surface area contributed by atoms with Crippen LogP contribution in [0.1, 0.15) is 46.2 Å². The number of nitrogens with zero attached hydrogens (tertiary/aromatic N) is 7. The van der Waals surface area contributed by atoms with E-state index < -0.39 is 0 Å². The number of hydrogen-bond donors (Lipinski definition) is 1. The minimum atomic E-state index is -0.371. The molecule has 0 spiro atoms. The molecule has 5 aromatic heterocycles. The molecule has 0 saturated heterocycles. The Balaban J connectivity index is 1.44. The molecule has 0 unspecified atom stereocenters. The molecule has 32 heavy (non-hydrogen) atoms. The molecule has 1 amide bonds. The smallest absolute Gasteiger partial charge is 0.258 e. The minimum absolute atomic E-state index is 0.124. The van der Waals surface area contributed by atoms with Crippen LogP contribution in [0.4, 0.5) is 5.69 Å². The van der Waals surface area contributed by atoms with Gasteiger partial charge in [0.1, 0.15) is 12.0 Å². The second kappa shape index (κ2) is 7.65. The van der Waals surface area contributed by atoms with Gasteiger partial charge < -0.3 is 9.88 Å². The maximum atomic E-state index is 13.3. The average molecular weight is 426 g/mol. The number of anilines is 1. The number of rotatable bonds is 5. The van der Waals surface area contributed by atoms with E-state index in [9.17, 15) is 9.59 Å². The third-order valence-electron chi connectivity index (χ3n) is 5.06. The fourth-order valence-electron chi connectivity index (χ4n) is 3.49. The Labute approximate surface area is 182 Å². The number of fused-ring (bicyclic) bond motifs is 2. The monoisotopic (exact) mass is 426 g/mol. The maximum Gasteiger partial charge on any atom is 0.258 e. The molecule has 0 aromatic carbocycles. The summed E-state index contributed by atoms with van der Waals surface area (Å²) >= 11 is 0. The van der Waals surface area contributed by atoms with E-state index in [0.717, 1.165) is 0 Å². The summed E-state index contributed by atoms with van der Waals surface area (Å²) in [6.45, 7) is 4.03. The van der Waals surface area contributed by atoms with Gasteiger partial charge in [-0.05, 0) is 19.9 Å². The van der Waals surface area contributed by atoms with E-state index in [-0.39, 0.29) is 17.7 Å². The lowest BCUT2D eigenvalue weighted by atomic mass is 10.1. The summed E-state index contributed by atoms with van der Waals surface area (Å²) in [6.07, 6.45) is 14.2. The first-order valence-electron chi connectivity index (χ1n) is 9.91. The number of carbonyl (C=O) groups is 2. The third kappa shape index (κ3) is 3.37. The summed E-state index contributed by atoms with van der Waals surface area (Å²) in [5.41, 5.74) is 2.27. The van der Waals surface area contributed by atoms with Crippen molar-refractivity contribution in [2.24, 2.45) is 0 Å². The number of nitrogens with one attached hydrogen (secondary N) is 1. The lowest BCUT2D eigenvalue weighted by Gasteiger charge is -2.07. The number of carbonyl (C=O) groups excluding carboxylic acids is 2. The van der Waals surface area contributed by atoms with Crippen molar-refractivity contribution < 1.29 is 9.59 Å². The van der Waals surface area contributed by atoms with Crippen molar-refractivity contribution in [1.29, 1.82) is 0 Å². The molecular weight excluding hydrogens is 408 g/mol. The van der Waals surface area contributed by atoms with Crippen molar-refractivity contribution in [2.75, 3.05) is 5.32 Å². The molecule has 10 nitrogen and oxygen atoms in total. The van der Waals surface area contributed by atoms with Crippen molar-refractivity contribution in [3.05, 3.63) is 78.7 Å². The lowest BCUT2D eigenvalue weighted by Crippen LogP contribution is -2.14. The van der Waals surface area contributed by atoms with Crippen molar-refractivity contribution in [3.63, 3.8) is 0 Å². The minimum Gasteiger partial charge on any atom is -0.329 e. The van der Waals surface area contributed by atoms with Gasteiger partial charge in [0.15, 0.2) is 5.78 Å². The van der Waals surface area contributed by atoms with Crippen LogP contribution in [0.25, 0.3) is 16.8 Å². The SMILES string of the molecule is CC(C)n1cc(C(=O)c2cncc(NC(=O)c3cnc4nccn4c3)c2)c2cncnc21. The van der Waals surface area contributed by atoms with E-state index in [4.69, 9.17) is 0 Å². The Morgan fingerprint density at radius 2 is 1.84 bits per heavy atom.